The minimum atomic E-state index is -0.312. The predicted molar refractivity (Wildman–Crippen MR) is 133 cm³/mol. The first-order valence-electron chi connectivity index (χ1n) is 10.7. The molecule has 0 atom stereocenters. The number of rotatable bonds is 7. The molecule has 0 fully saturated rings. The number of benzene rings is 3. The third kappa shape index (κ3) is 4.80. The summed E-state index contributed by atoms with van der Waals surface area (Å²) in [6, 6.07) is 24.8. The SMILES string of the molecule is Fc1cc(I)c2c(c1-c1ccc(OCc3ccccc3)nc1OCc1ccccc1)CCO2. The fourth-order valence-electron chi connectivity index (χ4n) is 3.85. The molecule has 1 aliphatic heterocycles. The van der Waals surface area contributed by atoms with Crippen LogP contribution in [0.3, 0.4) is 0 Å². The van der Waals surface area contributed by atoms with Gasteiger partial charge in [0.1, 0.15) is 24.8 Å². The van der Waals surface area contributed by atoms with Crippen LogP contribution in [-0.2, 0) is 19.6 Å². The van der Waals surface area contributed by atoms with Gasteiger partial charge in [0, 0.05) is 29.2 Å². The maximum Gasteiger partial charge on any atom is 0.225 e. The molecule has 0 unspecified atom stereocenters. The molecule has 4 aromatic rings. The Labute approximate surface area is 205 Å². The van der Waals surface area contributed by atoms with Crippen molar-refractivity contribution in [2.24, 2.45) is 0 Å². The number of hydrogen-bond acceptors (Lipinski definition) is 4. The van der Waals surface area contributed by atoms with Gasteiger partial charge in [-0.2, -0.15) is 4.98 Å². The van der Waals surface area contributed by atoms with E-state index in [0.717, 1.165) is 26.0 Å². The van der Waals surface area contributed by atoms with Crippen LogP contribution in [0.15, 0.2) is 78.9 Å². The second-order valence-electron chi connectivity index (χ2n) is 7.67. The van der Waals surface area contributed by atoms with Gasteiger partial charge in [-0.3, -0.25) is 0 Å². The largest absolute Gasteiger partial charge is 0.492 e. The highest BCUT2D eigenvalue weighted by atomic mass is 127. The van der Waals surface area contributed by atoms with Gasteiger partial charge in [0.05, 0.1) is 10.2 Å². The Hall–Kier alpha value is -3.13. The van der Waals surface area contributed by atoms with Crippen LogP contribution in [0.4, 0.5) is 4.39 Å². The molecule has 1 aromatic heterocycles. The normalized spacial score (nSPS) is 12.2. The molecule has 0 saturated heterocycles. The predicted octanol–water partition coefficient (Wildman–Crippen LogP) is 6.59. The summed E-state index contributed by atoms with van der Waals surface area (Å²) in [5, 5.41) is 0. The highest BCUT2D eigenvalue weighted by Crippen LogP contribution is 2.43. The molecule has 0 radical (unpaired) electrons. The molecule has 0 aliphatic carbocycles. The van der Waals surface area contributed by atoms with E-state index in [2.05, 4.69) is 27.6 Å². The average Bonchev–Trinajstić information content (AvgIpc) is 3.34. The Morgan fingerprint density at radius 1 is 0.879 bits per heavy atom. The quantitative estimate of drug-likeness (QED) is 0.243. The summed E-state index contributed by atoms with van der Waals surface area (Å²) in [7, 11) is 0. The van der Waals surface area contributed by atoms with E-state index >= 15 is 4.39 Å². The Balaban J connectivity index is 1.51. The van der Waals surface area contributed by atoms with Crippen molar-refractivity contribution >= 4 is 22.6 Å². The van der Waals surface area contributed by atoms with Gasteiger partial charge < -0.3 is 14.2 Å². The number of halogens is 2. The van der Waals surface area contributed by atoms with Crippen molar-refractivity contribution in [2.75, 3.05) is 6.61 Å². The molecule has 5 rings (SSSR count). The molecule has 2 heterocycles. The second-order valence-corrected chi connectivity index (χ2v) is 8.83. The summed E-state index contributed by atoms with van der Waals surface area (Å²) in [5.74, 6) is 1.18. The van der Waals surface area contributed by atoms with Crippen LogP contribution in [0.25, 0.3) is 11.1 Å². The third-order valence-corrected chi connectivity index (χ3v) is 6.24. The Morgan fingerprint density at radius 3 is 2.24 bits per heavy atom. The van der Waals surface area contributed by atoms with Crippen molar-refractivity contribution in [3.8, 4) is 28.6 Å². The van der Waals surface area contributed by atoms with Crippen molar-refractivity contribution in [3.63, 3.8) is 0 Å². The highest BCUT2D eigenvalue weighted by molar-refractivity contribution is 14.1. The molecule has 0 saturated carbocycles. The number of ether oxygens (including phenoxy) is 3. The maximum atomic E-state index is 15.2. The molecule has 1 aliphatic rings. The summed E-state index contributed by atoms with van der Waals surface area (Å²) >= 11 is 2.11. The molecule has 6 heteroatoms. The third-order valence-electron chi connectivity index (χ3n) is 5.44. The number of aromatic nitrogens is 1. The van der Waals surface area contributed by atoms with Crippen LogP contribution in [0.5, 0.6) is 17.5 Å². The second kappa shape index (κ2) is 9.79. The van der Waals surface area contributed by atoms with Gasteiger partial charge >= 0.3 is 0 Å². The zero-order chi connectivity index (χ0) is 22.6. The van der Waals surface area contributed by atoms with E-state index in [-0.39, 0.29) is 5.82 Å². The summed E-state index contributed by atoms with van der Waals surface area (Å²) in [6.07, 6.45) is 0.642. The average molecular weight is 553 g/mol. The highest BCUT2D eigenvalue weighted by Gasteiger charge is 2.26. The van der Waals surface area contributed by atoms with E-state index in [9.17, 15) is 0 Å². The molecular weight excluding hydrogens is 532 g/mol. The van der Waals surface area contributed by atoms with Gasteiger partial charge in [0.25, 0.3) is 0 Å². The summed E-state index contributed by atoms with van der Waals surface area (Å²) in [5.41, 5.74) is 3.96. The van der Waals surface area contributed by atoms with Crippen LogP contribution in [0.2, 0.25) is 0 Å². The lowest BCUT2D eigenvalue weighted by Gasteiger charge is -2.16. The number of hydrogen-bond donors (Lipinski definition) is 0. The molecule has 0 amide bonds. The maximum absolute atomic E-state index is 15.2. The van der Waals surface area contributed by atoms with E-state index in [1.807, 2.05) is 66.7 Å². The molecular formula is C27H21FINO3. The summed E-state index contributed by atoms with van der Waals surface area (Å²) in [6.45, 7) is 1.23. The molecule has 0 spiro atoms. The topological polar surface area (TPSA) is 40.6 Å². The molecule has 3 aromatic carbocycles. The molecule has 0 bridgehead atoms. The standard InChI is InChI=1S/C27H21FINO3/c28-22-15-23(29)26-20(13-14-31-26)25(22)21-11-12-24(32-16-18-7-3-1-4-8-18)30-27(21)33-17-19-9-5-2-6-10-19/h1-12,15H,13-14,16-17H2. The van der Waals surface area contributed by atoms with Crippen LogP contribution >= 0.6 is 22.6 Å². The monoisotopic (exact) mass is 553 g/mol. The van der Waals surface area contributed by atoms with Crippen molar-refractivity contribution in [1.29, 1.82) is 0 Å². The Morgan fingerprint density at radius 2 is 1.55 bits per heavy atom. The van der Waals surface area contributed by atoms with Gasteiger partial charge in [-0.05, 0) is 45.9 Å². The lowest BCUT2D eigenvalue weighted by Crippen LogP contribution is -2.04. The van der Waals surface area contributed by atoms with Crippen molar-refractivity contribution < 1.29 is 18.6 Å². The molecule has 4 nitrogen and oxygen atoms in total. The smallest absolute Gasteiger partial charge is 0.225 e. The van der Waals surface area contributed by atoms with Crippen LogP contribution in [0.1, 0.15) is 16.7 Å². The zero-order valence-corrected chi connectivity index (χ0v) is 19.9. The van der Waals surface area contributed by atoms with E-state index in [4.69, 9.17) is 14.2 Å². The fourth-order valence-corrected chi connectivity index (χ4v) is 4.61. The van der Waals surface area contributed by atoms with E-state index < -0.39 is 0 Å². The van der Waals surface area contributed by atoms with E-state index in [1.54, 1.807) is 6.07 Å². The fraction of sp³-hybridized carbons (Fsp3) is 0.148. The summed E-state index contributed by atoms with van der Waals surface area (Å²) < 4.78 is 33.8. The lowest BCUT2D eigenvalue weighted by molar-refractivity contribution is 0.268. The number of fused-ring (bicyclic) bond motifs is 1. The van der Waals surface area contributed by atoms with Crippen molar-refractivity contribution in [2.45, 2.75) is 19.6 Å². The van der Waals surface area contributed by atoms with Gasteiger partial charge in [-0.1, -0.05) is 60.7 Å². The molecule has 166 valence electrons. The van der Waals surface area contributed by atoms with Gasteiger partial charge in [0.2, 0.25) is 11.8 Å². The minimum Gasteiger partial charge on any atom is -0.492 e. The first-order chi connectivity index (χ1) is 16.2. The van der Waals surface area contributed by atoms with Crippen molar-refractivity contribution in [1.82, 2.24) is 4.98 Å². The first kappa shape index (κ1) is 21.7. The number of nitrogens with zero attached hydrogens (tertiary/aromatic N) is 1. The Kier molecular flexibility index (Phi) is 6.44. The van der Waals surface area contributed by atoms with Crippen molar-refractivity contribution in [3.05, 3.63) is 105 Å². The lowest BCUT2D eigenvalue weighted by atomic mass is 9.98. The van der Waals surface area contributed by atoms with Gasteiger partial charge in [0.15, 0.2) is 0 Å². The van der Waals surface area contributed by atoms with Crippen LogP contribution in [0, 0.1) is 9.39 Å². The minimum absolute atomic E-state index is 0.312. The van der Waals surface area contributed by atoms with Crippen LogP contribution < -0.4 is 14.2 Å². The zero-order valence-electron chi connectivity index (χ0n) is 17.8. The first-order valence-corrected chi connectivity index (χ1v) is 11.8. The van der Waals surface area contributed by atoms with E-state index in [0.29, 0.717) is 49.1 Å². The number of pyridine rings is 1. The Bertz CT molecular complexity index is 1270. The van der Waals surface area contributed by atoms with E-state index in [1.165, 1.54) is 6.07 Å². The van der Waals surface area contributed by atoms with Gasteiger partial charge in [-0.25, -0.2) is 4.39 Å². The van der Waals surface area contributed by atoms with Gasteiger partial charge in [-0.15, -0.1) is 0 Å². The summed E-state index contributed by atoms with van der Waals surface area (Å²) in [4.78, 5) is 4.61. The van der Waals surface area contributed by atoms with Crippen LogP contribution in [-0.4, -0.2) is 11.6 Å². The molecule has 0 N–H and O–H groups in total. The molecule has 33 heavy (non-hydrogen) atoms.